The van der Waals surface area contributed by atoms with Gasteiger partial charge in [-0.3, -0.25) is 0 Å². The highest BCUT2D eigenvalue weighted by atomic mass is 32.2. The molecule has 0 aliphatic rings. The van der Waals surface area contributed by atoms with E-state index in [4.69, 9.17) is 9.66 Å². The van der Waals surface area contributed by atoms with Crippen molar-refractivity contribution in [1.29, 1.82) is 0 Å². The molecule has 3 aromatic rings. The maximum absolute atomic E-state index is 11.9. The third-order valence-electron chi connectivity index (χ3n) is 3.41. The van der Waals surface area contributed by atoms with Crippen LogP contribution in [0.25, 0.3) is 22.5 Å². The summed E-state index contributed by atoms with van der Waals surface area (Å²) in [5, 5.41) is 18.7. The van der Waals surface area contributed by atoms with Gasteiger partial charge in [0.2, 0.25) is 10.0 Å². The van der Waals surface area contributed by atoms with Crippen LogP contribution in [0.4, 0.5) is 0 Å². The van der Waals surface area contributed by atoms with Crippen molar-refractivity contribution >= 4 is 10.0 Å². The SMILES string of the molecule is NS(=O)(=O)c1ccccc1-c1c(CO)noc1-c1ccccc1. The first kappa shape index (κ1) is 15.4. The summed E-state index contributed by atoms with van der Waals surface area (Å²) in [7, 11) is -3.93. The summed E-state index contributed by atoms with van der Waals surface area (Å²) < 4.78 is 29.1. The zero-order valence-corrected chi connectivity index (χ0v) is 12.8. The molecule has 0 radical (unpaired) electrons. The van der Waals surface area contributed by atoms with Crippen molar-refractivity contribution in [1.82, 2.24) is 5.16 Å². The smallest absolute Gasteiger partial charge is 0.238 e. The molecule has 3 N–H and O–H groups in total. The fourth-order valence-electron chi connectivity index (χ4n) is 2.42. The maximum Gasteiger partial charge on any atom is 0.238 e. The molecule has 6 nitrogen and oxygen atoms in total. The van der Waals surface area contributed by atoms with Gasteiger partial charge in [0, 0.05) is 11.1 Å². The zero-order valence-electron chi connectivity index (χ0n) is 12.0. The first-order valence-electron chi connectivity index (χ1n) is 6.79. The van der Waals surface area contributed by atoms with Gasteiger partial charge in [-0.1, -0.05) is 53.7 Å². The predicted octanol–water partition coefficient (Wildman–Crippen LogP) is 2.15. The average molecular weight is 330 g/mol. The van der Waals surface area contributed by atoms with E-state index in [9.17, 15) is 13.5 Å². The van der Waals surface area contributed by atoms with E-state index in [1.807, 2.05) is 30.3 Å². The van der Waals surface area contributed by atoms with Gasteiger partial charge in [0.1, 0.15) is 5.69 Å². The summed E-state index contributed by atoms with van der Waals surface area (Å²) in [5.41, 5.74) is 1.74. The third-order valence-corrected chi connectivity index (χ3v) is 4.38. The fraction of sp³-hybridized carbons (Fsp3) is 0.0625. The summed E-state index contributed by atoms with van der Waals surface area (Å²) in [5.74, 6) is 0.380. The van der Waals surface area contributed by atoms with Crippen LogP contribution in [0.1, 0.15) is 5.69 Å². The van der Waals surface area contributed by atoms with Crippen LogP contribution < -0.4 is 5.14 Å². The summed E-state index contributed by atoms with van der Waals surface area (Å²) in [6, 6.07) is 15.4. The third kappa shape index (κ3) is 2.89. The summed E-state index contributed by atoms with van der Waals surface area (Å²) in [4.78, 5) is -0.0462. The largest absolute Gasteiger partial charge is 0.390 e. The standard InChI is InChI=1S/C16H14N2O4S/c17-23(20,21)14-9-5-4-8-12(14)15-13(10-19)18-22-16(15)11-6-2-1-3-7-11/h1-9,19H,10H2,(H2,17,20,21). The minimum Gasteiger partial charge on any atom is -0.390 e. The molecule has 0 spiro atoms. The van der Waals surface area contributed by atoms with E-state index in [0.29, 0.717) is 16.9 Å². The Hall–Kier alpha value is -2.48. The molecule has 1 heterocycles. The van der Waals surface area contributed by atoms with Crippen molar-refractivity contribution in [2.45, 2.75) is 11.5 Å². The van der Waals surface area contributed by atoms with E-state index in [1.54, 1.807) is 18.2 Å². The van der Waals surface area contributed by atoms with Crippen LogP contribution in [0.2, 0.25) is 0 Å². The van der Waals surface area contributed by atoms with Gasteiger partial charge in [-0.15, -0.1) is 0 Å². The maximum atomic E-state index is 11.9. The monoisotopic (exact) mass is 330 g/mol. The van der Waals surface area contributed by atoms with Crippen molar-refractivity contribution in [3.8, 4) is 22.5 Å². The Morgan fingerprint density at radius 1 is 1.04 bits per heavy atom. The van der Waals surface area contributed by atoms with Crippen LogP contribution in [0, 0.1) is 0 Å². The molecule has 118 valence electrons. The number of primary sulfonamides is 1. The normalized spacial score (nSPS) is 11.6. The minimum atomic E-state index is -3.93. The molecule has 0 saturated heterocycles. The number of nitrogens with two attached hydrogens (primary N) is 1. The molecule has 0 amide bonds. The lowest BCUT2D eigenvalue weighted by Crippen LogP contribution is -2.13. The van der Waals surface area contributed by atoms with Crippen LogP contribution >= 0.6 is 0 Å². The molecule has 2 aromatic carbocycles. The van der Waals surface area contributed by atoms with Gasteiger partial charge in [-0.05, 0) is 6.07 Å². The molecule has 0 aliphatic heterocycles. The zero-order chi connectivity index (χ0) is 16.4. The molecule has 1 aromatic heterocycles. The number of aliphatic hydroxyl groups excluding tert-OH is 1. The van der Waals surface area contributed by atoms with E-state index in [0.717, 1.165) is 5.56 Å². The summed E-state index contributed by atoms with van der Waals surface area (Å²) >= 11 is 0. The first-order chi connectivity index (χ1) is 11.0. The van der Waals surface area contributed by atoms with E-state index in [1.165, 1.54) is 6.07 Å². The van der Waals surface area contributed by atoms with Gasteiger partial charge in [0.15, 0.2) is 5.76 Å². The summed E-state index contributed by atoms with van der Waals surface area (Å²) in [6.07, 6.45) is 0. The van der Waals surface area contributed by atoms with Gasteiger partial charge in [-0.25, -0.2) is 13.6 Å². The number of aromatic nitrogens is 1. The Bertz CT molecular complexity index is 934. The highest BCUT2D eigenvalue weighted by molar-refractivity contribution is 7.89. The molecule has 0 fully saturated rings. The van der Waals surface area contributed by atoms with Gasteiger partial charge in [-0.2, -0.15) is 0 Å². The molecule has 3 rings (SSSR count). The second-order valence-corrected chi connectivity index (χ2v) is 6.43. The number of benzene rings is 2. The Balaban J connectivity index is 2.32. The second kappa shape index (κ2) is 5.96. The number of aliphatic hydroxyl groups is 1. The second-order valence-electron chi connectivity index (χ2n) is 4.90. The molecule has 7 heteroatoms. The Labute approximate surface area is 133 Å². The van der Waals surface area contributed by atoms with E-state index < -0.39 is 10.0 Å². The summed E-state index contributed by atoms with van der Waals surface area (Å²) in [6.45, 7) is -0.384. The number of nitrogens with zero attached hydrogens (tertiary/aromatic N) is 1. The van der Waals surface area contributed by atoms with Crippen molar-refractivity contribution in [2.24, 2.45) is 5.14 Å². The van der Waals surface area contributed by atoms with Gasteiger partial charge in [0.05, 0.1) is 17.1 Å². The van der Waals surface area contributed by atoms with Crippen LogP contribution in [0.5, 0.6) is 0 Å². The van der Waals surface area contributed by atoms with Crippen molar-refractivity contribution < 1.29 is 18.0 Å². The van der Waals surface area contributed by atoms with Crippen LogP contribution in [-0.2, 0) is 16.6 Å². The number of hydrogen-bond acceptors (Lipinski definition) is 5. The van der Waals surface area contributed by atoms with Crippen LogP contribution in [0.15, 0.2) is 64.0 Å². The lowest BCUT2D eigenvalue weighted by Gasteiger charge is -2.08. The van der Waals surface area contributed by atoms with Crippen molar-refractivity contribution in [3.63, 3.8) is 0 Å². The highest BCUT2D eigenvalue weighted by Crippen LogP contribution is 2.37. The lowest BCUT2D eigenvalue weighted by molar-refractivity contribution is 0.267. The molecule has 0 bridgehead atoms. The van der Waals surface area contributed by atoms with Crippen molar-refractivity contribution in [2.75, 3.05) is 0 Å². The molecule has 0 aliphatic carbocycles. The number of rotatable bonds is 4. The predicted molar refractivity (Wildman–Crippen MR) is 84.7 cm³/mol. The van der Waals surface area contributed by atoms with Gasteiger partial charge < -0.3 is 9.63 Å². The molecular weight excluding hydrogens is 316 g/mol. The average Bonchev–Trinajstić information content (AvgIpc) is 2.98. The molecule has 0 saturated carbocycles. The van der Waals surface area contributed by atoms with E-state index in [2.05, 4.69) is 5.16 Å². The van der Waals surface area contributed by atoms with Gasteiger partial charge >= 0.3 is 0 Å². The quantitative estimate of drug-likeness (QED) is 0.762. The number of hydrogen-bond donors (Lipinski definition) is 2. The molecule has 23 heavy (non-hydrogen) atoms. The fourth-order valence-corrected chi connectivity index (χ4v) is 3.16. The molecule has 0 atom stereocenters. The van der Waals surface area contributed by atoms with E-state index >= 15 is 0 Å². The lowest BCUT2D eigenvalue weighted by atomic mass is 9.99. The Morgan fingerprint density at radius 3 is 2.35 bits per heavy atom. The Morgan fingerprint density at radius 2 is 1.70 bits per heavy atom. The van der Waals surface area contributed by atoms with E-state index in [-0.39, 0.29) is 17.2 Å². The molecule has 0 unspecified atom stereocenters. The minimum absolute atomic E-state index is 0.0462. The van der Waals surface area contributed by atoms with Crippen LogP contribution in [-0.4, -0.2) is 18.7 Å². The topological polar surface area (TPSA) is 106 Å². The Kier molecular flexibility index (Phi) is 3.99. The van der Waals surface area contributed by atoms with Crippen LogP contribution in [0.3, 0.4) is 0 Å². The highest BCUT2D eigenvalue weighted by Gasteiger charge is 2.24. The van der Waals surface area contributed by atoms with Crippen molar-refractivity contribution in [3.05, 3.63) is 60.3 Å². The number of sulfonamides is 1. The molecular formula is C16H14N2O4S. The first-order valence-corrected chi connectivity index (χ1v) is 8.34. The van der Waals surface area contributed by atoms with Gasteiger partial charge in [0.25, 0.3) is 0 Å².